The number of nitrogens with one attached hydrogen (secondary N) is 1. The smallest absolute Gasteiger partial charge is 0.262 e. The molecule has 0 aliphatic carbocycles. The Kier molecular flexibility index (Phi) is 4.37. The van der Waals surface area contributed by atoms with E-state index in [2.05, 4.69) is 10.3 Å². The summed E-state index contributed by atoms with van der Waals surface area (Å²) in [5, 5.41) is 2.28. The van der Waals surface area contributed by atoms with Crippen molar-refractivity contribution in [2.24, 2.45) is 0 Å². The number of rotatable bonds is 4. The normalized spacial score (nSPS) is 10.2. The van der Waals surface area contributed by atoms with Gasteiger partial charge in [-0.1, -0.05) is 13.0 Å². The van der Waals surface area contributed by atoms with Crippen LogP contribution < -0.4 is 5.32 Å². The van der Waals surface area contributed by atoms with E-state index >= 15 is 0 Å². The van der Waals surface area contributed by atoms with Gasteiger partial charge in [-0.25, -0.2) is 13.8 Å². The lowest BCUT2D eigenvalue weighted by molar-refractivity contribution is 0.0986. The minimum absolute atomic E-state index is 0.0828. The maximum Gasteiger partial charge on any atom is 0.262 e. The van der Waals surface area contributed by atoms with Crippen LogP contribution in [-0.2, 0) is 0 Å². The Morgan fingerprint density at radius 3 is 2.33 bits per heavy atom. The van der Waals surface area contributed by atoms with Crippen LogP contribution in [0.25, 0.3) is 0 Å². The van der Waals surface area contributed by atoms with Gasteiger partial charge in [0.25, 0.3) is 5.91 Å². The minimum Gasteiger partial charge on any atom is -0.306 e. The number of carbonyl (C=O) groups is 2. The molecule has 0 aliphatic heterocycles. The van der Waals surface area contributed by atoms with Crippen molar-refractivity contribution in [3.05, 3.63) is 59.3 Å². The number of halogens is 2. The number of ketones is 1. The van der Waals surface area contributed by atoms with E-state index in [4.69, 9.17) is 0 Å². The van der Waals surface area contributed by atoms with E-state index in [1.807, 2.05) is 0 Å². The molecule has 0 radical (unpaired) electrons. The molecule has 2 aromatic rings. The molecule has 0 saturated carbocycles. The molecule has 2 rings (SSSR count). The van der Waals surface area contributed by atoms with Gasteiger partial charge in [-0.05, 0) is 24.3 Å². The van der Waals surface area contributed by atoms with Crippen LogP contribution in [0.2, 0.25) is 0 Å². The van der Waals surface area contributed by atoms with Crippen LogP contribution in [0.4, 0.5) is 14.6 Å². The SMILES string of the molecule is CCC(=O)c1ccc(NC(=O)c2c(F)cccc2F)nc1. The van der Waals surface area contributed by atoms with E-state index in [0.29, 0.717) is 12.0 Å². The van der Waals surface area contributed by atoms with Gasteiger partial charge in [-0.3, -0.25) is 9.59 Å². The summed E-state index contributed by atoms with van der Waals surface area (Å²) in [6.07, 6.45) is 1.65. The third-order valence-corrected chi connectivity index (χ3v) is 2.84. The van der Waals surface area contributed by atoms with Crippen LogP contribution in [0.3, 0.4) is 0 Å². The highest BCUT2D eigenvalue weighted by Gasteiger charge is 2.17. The molecule has 0 atom stereocenters. The second-order valence-corrected chi connectivity index (χ2v) is 4.26. The molecule has 1 amide bonds. The van der Waals surface area contributed by atoms with Crippen molar-refractivity contribution < 1.29 is 18.4 Å². The molecule has 21 heavy (non-hydrogen) atoms. The average Bonchev–Trinajstić information content (AvgIpc) is 2.47. The van der Waals surface area contributed by atoms with E-state index < -0.39 is 23.1 Å². The minimum atomic E-state index is -0.953. The largest absolute Gasteiger partial charge is 0.306 e. The van der Waals surface area contributed by atoms with Gasteiger partial charge in [0.15, 0.2) is 5.78 Å². The molecule has 0 spiro atoms. The summed E-state index contributed by atoms with van der Waals surface area (Å²) in [5.41, 5.74) is -0.263. The predicted molar refractivity (Wildman–Crippen MR) is 73.2 cm³/mol. The highest BCUT2D eigenvalue weighted by molar-refractivity contribution is 6.04. The van der Waals surface area contributed by atoms with Crippen molar-refractivity contribution in [3.8, 4) is 0 Å². The average molecular weight is 290 g/mol. The zero-order valence-corrected chi connectivity index (χ0v) is 11.2. The Balaban J connectivity index is 2.18. The second kappa shape index (κ2) is 6.21. The van der Waals surface area contributed by atoms with E-state index in [1.54, 1.807) is 6.92 Å². The summed E-state index contributed by atoms with van der Waals surface area (Å²) in [6, 6.07) is 6.05. The Hall–Kier alpha value is -2.63. The zero-order chi connectivity index (χ0) is 15.4. The first kappa shape index (κ1) is 14.8. The lowest BCUT2D eigenvalue weighted by atomic mass is 10.1. The highest BCUT2D eigenvalue weighted by atomic mass is 19.1. The van der Waals surface area contributed by atoms with Crippen LogP contribution in [0.15, 0.2) is 36.5 Å². The molecule has 0 unspecified atom stereocenters. The quantitative estimate of drug-likeness (QED) is 0.880. The Bertz CT molecular complexity index is 664. The van der Waals surface area contributed by atoms with Gasteiger partial charge in [0.2, 0.25) is 0 Å². The fraction of sp³-hybridized carbons (Fsp3) is 0.133. The van der Waals surface area contributed by atoms with Crippen LogP contribution in [0.5, 0.6) is 0 Å². The molecule has 1 aromatic carbocycles. The number of Topliss-reactive ketones (excluding diaryl/α,β-unsaturated/α-hetero) is 1. The molecule has 0 aliphatic rings. The fourth-order valence-corrected chi connectivity index (χ4v) is 1.73. The number of hydrogen-bond acceptors (Lipinski definition) is 3. The molecular weight excluding hydrogens is 278 g/mol. The lowest BCUT2D eigenvalue weighted by Gasteiger charge is -2.06. The highest BCUT2D eigenvalue weighted by Crippen LogP contribution is 2.14. The Labute approximate surface area is 119 Å². The van der Waals surface area contributed by atoms with Gasteiger partial charge in [0.1, 0.15) is 23.0 Å². The summed E-state index contributed by atoms with van der Waals surface area (Å²) in [6.45, 7) is 1.72. The second-order valence-electron chi connectivity index (χ2n) is 4.26. The number of amides is 1. The number of nitrogens with zero attached hydrogens (tertiary/aromatic N) is 1. The molecule has 1 aromatic heterocycles. The third kappa shape index (κ3) is 3.28. The van der Waals surface area contributed by atoms with Crippen molar-refractivity contribution >= 4 is 17.5 Å². The van der Waals surface area contributed by atoms with Crippen LogP contribution in [0.1, 0.15) is 34.1 Å². The van der Waals surface area contributed by atoms with Crippen molar-refractivity contribution in [1.82, 2.24) is 4.98 Å². The van der Waals surface area contributed by atoms with Gasteiger partial charge in [-0.15, -0.1) is 0 Å². The molecule has 0 saturated heterocycles. The molecule has 6 heteroatoms. The number of hydrogen-bond donors (Lipinski definition) is 1. The van der Waals surface area contributed by atoms with E-state index in [1.165, 1.54) is 24.4 Å². The molecule has 108 valence electrons. The van der Waals surface area contributed by atoms with Gasteiger partial charge in [-0.2, -0.15) is 0 Å². The van der Waals surface area contributed by atoms with Gasteiger partial charge in [0, 0.05) is 18.2 Å². The molecule has 4 nitrogen and oxygen atoms in total. The summed E-state index contributed by atoms with van der Waals surface area (Å²) >= 11 is 0. The first-order valence-corrected chi connectivity index (χ1v) is 6.27. The standard InChI is InChI=1S/C15H12F2N2O2/c1-2-12(20)9-6-7-13(18-8-9)19-15(21)14-10(16)4-3-5-11(14)17/h3-8H,2H2,1H3,(H,18,19,21). The number of aromatic nitrogens is 1. The first-order valence-electron chi connectivity index (χ1n) is 6.27. The maximum atomic E-state index is 13.5. The summed E-state index contributed by atoms with van der Waals surface area (Å²) < 4.78 is 26.9. The summed E-state index contributed by atoms with van der Waals surface area (Å²) in [4.78, 5) is 27.1. The molecule has 1 heterocycles. The van der Waals surface area contributed by atoms with Crippen LogP contribution in [-0.4, -0.2) is 16.7 Å². The topological polar surface area (TPSA) is 59.1 Å². The summed E-state index contributed by atoms with van der Waals surface area (Å²) in [7, 11) is 0. The number of pyridine rings is 1. The Morgan fingerprint density at radius 2 is 1.81 bits per heavy atom. The summed E-state index contributed by atoms with van der Waals surface area (Å²) in [5.74, 6) is -2.82. The molecule has 0 fully saturated rings. The van der Waals surface area contributed by atoms with Crippen molar-refractivity contribution in [1.29, 1.82) is 0 Å². The van der Waals surface area contributed by atoms with Crippen LogP contribution in [0, 0.1) is 11.6 Å². The van der Waals surface area contributed by atoms with Crippen LogP contribution >= 0.6 is 0 Å². The predicted octanol–water partition coefficient (Wildman–Crippen LogP) is 3.20. The molecule has 1 N–H and O–H groups in total. The first-order chi connectivity index (χ1) is 10.0. The molecular formula is C15H12F2N2O2. The Morgan fingerprint density at radius 1 is 1.14 bits per heavy atom. The maximum absolute atomic E-state index is 13.5. The monoisotopic (exact) mass is 290 g/mol. The van der Waals surface area contributed by atoms with Gasteiger partial charge < -0.3 is 5.32 Å². The van der Waals surface area contributed by atoms with Crippen molar-refractivity contribution in [3.63, 3.8) is 0 Å². The van der Waals surface area contributed by atoms with Gasteiger partial charge >= 0.3 is 0 Å². The fourth-order valence-electron chi connectivity index (χ4n) is 1.73. The zero-order valence-electron chi connectivity index (χ0n) is 11.2. The van der Waals surface area contributed by atoms with E-state index in [9.17, 15) is 18.4 Å². The number of benzene rings is 1. The van der Waals surface area contributed by atoms with Gasteiger partial charge in [0.05, 0.1) is 0 Å². The van der Waals surface area contributed by atoms with Crippen molar-refractivity contribution in [2.45, 2.75) is 13.3 Å². The van der Waals surface area contributed by atoms with E-state index in [0.717, 1.165) is 12.1 Å². The lowest BCUT2D eigenvalue weighted by Crippen LogP contribution is -2.16. The molecule has 0 bridgehead atoms. The number of anilines is 1. The van der Waals surface area contributed by atoms with Crippen molar-refractivity contribution in [2.75, 3.05) is 5.32 Å². The number of carbonyl (C=O) groups excluding carboxylic acids is 2. The third-order valence-electron chi connectivity index (χ3n) is 2.84. The van der Waals surface area contributed by atoms with E-state index in [-0.39, 0.29) is 11.6 Å².